The first-order chi connectivity index (χ1) is 13.2. The van der Waals surface area contributed by atoms with Crippen LogP contribution in [0.4, 0.5) is 5.69 Å². The molecule has 0 aliphatic rings. The van der Waals surface area contributed by atoms with Crippen LogP contribution < -0.4 is 15.4 Å². The SMILES string of the molecule is COc1ccc(NC(=O)CCCNC(=O)c2nc(S(C)(=O)=O)ncc2Br)cc1. The summed E-state index contributed by atoms with van der Waals surface area (Å²) in [5.41, 5.74) is 0.561. The number of hydrogen-bond acceptors (Lipinski definition) is 7. The van der Waals surface area contributed by atoms with Crippen LogP contribution in [0.25, 0.3) is 0 Å². The van der Waals surface area contributed by atoms with E-state index in [2.05, 4.69) is 36.5 Å². The molecule has 2 rings (SSSR count). The molecule has 0 spiro atoms. The first kappa shape index (κ1) is 21.8. The predicted octanol–water partition coefficient (Wildman–Crippen LogP) is 1.80. The van der Waals surface area contributed by atoms with Crippen LogP contribution >= 0.6 is 15.9 Å². The summed E-state index contributed by atoms with van der Waals surface area (Å²) >= 11 is 3.12. The number of rotatable bonds is 8. The fraction of sp³-hybridized carbons (Fsp3) is 0.294. The molecule has 150 valence electrons. The number of carbonyl (C=O) groups is 2. The lowest BCUT2D eigenvalue weighted by molar-refractivity contribution is -0.116. The molecular formula is C17H19BrN4O5S. The predicted molar refractivity (Wildman–Crippen MR) is 106 cm³/mol. The van der Waals surface area contributed by atoms with Gasteiger partial charge >= 0.3 is 0 Å². The number of nitrogens with zero attached hydrogens (tertiary/aromatic N) is 2. The van der Waals surface area contributed by atoms with Crippen molar-refractivity contribution in [1.29, 1.82) is 0 Å². The zero-order chi connectivity index (χ0) is 20.7. The van der Waals surface area contributed by atoms with Gasteiger partial charge in [-0.05, 0) is 46.6 Å². The lowest BCUT2D eigenvalue weighted by atomic mass is 10.2. The van der Waals surface area contributed by atoms with Crippen LogP contribution in [0.1, 0.15) is 23.3 Å². The highest BCUT2D eigenvalue weighted by Crippen LogP contribution is 2.16. The van der Waals surface area contributed by atoms with Gasteiger partial charge in [-0.1, -0.05) is 0 Å². The lowest BCUT2D eigenvalue weighted by Gasteiger charge is -2.08. The standard InChI is InChI=1S/C17H19BrN4O5S/c1-27-12-7-5-11(6-8-12)21-14(23)4-3-9-19-16(24)15-13(18)10-20-17(22-15)28(2,25)26/h5-8,10H,3-4,9H2,1-2H3,(H,19,24)(H,21,23). The molecule has 0 fully saturated rings. The molecule has 0 aliphatic carbocycles. The van der Waals surface area contributed by atoms with Gasteiger partial charge in [-0.25, -0.2) is 18.4 Å². The van der Waals surface area contributed by atoms with Gasteiger partial charge < -0.3 is 15.4 Å². The van der Waals surface area contributed by atoms with Crippen LogP contribution in [-0.4, -0.2) is 50.1 Å². The van der Waals surface area contributed by atoms with Crippen LogP contribution in [0.3, 0.4) is 0 Å². The number of nitrogens with one attached hydrogen (secondary N) is 2. The first-order valence-corrected chi connectivity index (χ1v) is 10.8. The fourth-order valence-electron chi connectivity index (χ4n) is 2.12. The van der Waals surface area contributed by atoms with E-state index in [-0.39, 0.29) is 29.0 Å². The highest BCUT2D eigenvalue weighted by Gasteiger charge is 2.18. The molecule has 0 saturated carbocycles. The van der Waals surface area contributed by atoms with Crippen LogP contribution in [0.5, 0.6) is 5.75 Å². The van der Waals surface area contributed by atoms with Crippen molar-refractivity contribution in [2.24, 2.45) is 0 Å². The molecule has 0 unspecified atom stereocenters. The van der Waals surface area contributed by atoms with Gasteiger partial charge in [-0.2, -0.15) is 0 Å². The molecule has 1 aromatic heterocycles. The second kappa shape index (κ2) is 9.60. The molecule has 9 nitrogen and oxygen atoms in total. The number of sulfone groups is 1. The zero-order valence-electron chi connectivity index (χ0n) is 15.2. The maximum absolute atomic E-state index is 12.2. The molecular weight excluding hydrogens is 452 g/mol. The molecule has 0 atom stereocenters. The third kappa shape index (κ3) is 6.27. The van der Waals surface area contributed by atoms with Crippen molar-refractivity contribution in [2.75, 3.05) is 25.2 Å². The highest BCUT2D eigenvalue weighted by atomic mass is 79.9. The maximum atomic E-state index is 12.2. The summed E-state index contributed by atoms with van der Waals surface area (Å²) in [4.78, 5) is 31.6. The van der Waals surface area contributed by atoms with Gasteiger partial charge in [-0.3, -0.25) is 9.59 Å². The number of carbonyl (C=O) groups excluding carboxylic acids is 2. The Bertz CT molecular complexity index is 964. The minimum absolute atomic E-state index is 0.0851. The van der Waals surface area contributed by atoms with E-state index in [1.807, 2.05) is 0 Å². The second-order valence-electron chi connectivity index (χ2n) is 5.76. The molecule has 0 bridgehead atoms. The Hall–Kier alpha value is -2.53. The van der Waals surface area contributed by atoms with E-state index in [1.54, 1.807) is 31.4 Å². The number of benzene rings is 1. The molecule has 0 radical (unpaired) electrons. The van der Waals surface area contributed by atoms with Crippen molar-refractivity contribution in [1.82, 2.24) is 15.3 Å². The van der Waals surface area contributed by atoms with E-state index in [4.69, 9.17) is 4.74 Å². The summed E-state index contributed by atoms with van der Waals surface area (Å²) in [6, 6.07) is 6.93. The zero-order valence-corrected chi connectivity index (χ0v) is 17.6. The Labute approximate surface area is 171 Å². The largest absolute Gasteiger partial charge is 0.497 e. The molecule has 2 amide bonds. The lowest BCUT2D eigenvalue weighted by Crippen LogP contribution is -2.27. The van der Waals surface area contributed by atoms with E-state index in [0.29, 0.717) is 17.9 Å². The molecule has 1 aromatic carbocycles. The van der Waals surface area contributed by atoms with E-state index in [0.717, 1.165) is 6.26 Å². The average molecular weight is 471 g/mol. The number of anilines is 1. The summed E-state index contributed by atoms with van der Waals surface area (Å²) in [5, 5.41) is 4.92. The summed E-state index contributed by atoms with van der Waals surface area (Å²) in [6.07, 6.45) is 2.77. The first-order valence-electron chi connectivity index (χ1n) is 8.15. The van der Waals surface area contributed by atoms with Crippen molar-refractivity contribution >= 4 is 43.3 Å². The topological polar surface area (TPSA) is 127 Å². The third-order valence-electron chi connectivity index (χ3n) is 3.51. The quantitative estimate of drug-likeness (QED) is 0.444. The molecule has 2 aromatic rings. The Morgan fingerprint density at radius 2 is 1.89 bits per heavy atom. The van der Waals surface area contributed by atoms with E-state index >= 15 is 0 Å². The molecule has 0 saturated heterocycles. The van der Waals surface area contributed by atoms with E-state index < -0.39 is 20.9 Å². The molecule has 28 heavy (non-hydrogen) atoms. The van der Waals surface area contributed by atoms with Gasteiger partial charge in [0, 0.05) is 31.1 Å². The summed E-state index contributed by atoms with van der Waals surface area (Å²) in [7, 11) is -2.07. The Balaban J connectivity index is 1.83. The van der Waals surface area contributed by atoms with Crippen molar-refractivity contribution in [2.45, 2.75) is 18.0 Å². The van der Waals surface area contributed by atoms with Gasteiger partial charge in [0.05, 0.1) is 11.6 Å². The smallest absolute Gasteiger partial charge is 0.271 e. The number of aromatic nitrogens is 2. The van der Waals surface area contributed by atoms with Crippen molar-refractivity contribution in [3.63, 3.8) is 0 Å². The molecule has 2 N–H and O–H groups in total. The van der Waals surface area contributed by atoms with Gasteiger partial charge in [0.25, 0.3) is 5.91 Å². The number of methoxy groups -OCH3 is 1. The molecule has 0 aliphatic heterocycles. The second-order valence-corrected chi connectivity index (χ2v) is 8.52. The Morgan fingerprint density at radius 3 is 2.50 bits per heavy atom. The molecule has 11 heteroatoms. The third-order valence-corrected chi connectivity index (χ3v) is 4.95. The summed E-state index contributed by atoms with van der Waals surface area (Å²) in [5.74, 6) is -0.0626. The van der Waals surface area contributed by atoms with Gasteiger partial charge in [-0.15, -0.1) is 0 Å². The minimum atomic E-state index is -3.63. The van der Waals surface area contributed by atoms with Crippen molar-refractivity contribution in [3.05, 3.63) is 40.6 Å². The van der Waals surface area contributed by atoms with Crippen LogP contribution in [0, 0.1) is 0 Å². The average Bonchev–Trinajstić information content (AvgIpc) is 2.65. The van der Waals surface area contributed by atoms with Gasteiger partial charge in [0.2, 0.25) is 20.9 Å². The van der Waals surface area contributed by atoms with Crippen LogP contribution in [0.15, 0.2) is 40.1 Å². The number of halogens is 1. The van der Waals surface area contributed by atoms with Gasteiger partial charge in [0.1, 0.15) is 11.4 Å². The van der Waals surface area contributed by atoms with Crippen LogP contribution in [0.2, 0.25) is 0 Å². The Kier molecular flexibility index (Phi) is 7.46. The Morgan fingerprint density at radius 1 is 1.21 bits per heavy atom. The van der Waals surface area contributed by atoms with E-state index in [9.17, 15) is 18.0 Å². The highest BCUT2D eigenvalue weighted by molar-refractivity contribution is 9.10. The fourth-order valence-corrected chi connectivity index (χ4v) is 2.99. The normalized spacial score (nSPS) is 11.0. The van der Waals surface area contributed by atoms with E-state index in [1.165, 1.54) is 6.20 Å². The number of amides is 2. The summed E-state index contributed by atoms with van der Waals surface area (Å²) < 4.78 is 28.4. The van der Waals surface area contributed by atoms with Crippen molar-refractivity contribution < 1.29 is 22.7 Å². The minimum Gasteiger partial charge on any atom is -0.497 e. The van der Waals surface area contributed by atoms with Crippen molar-refractivity contribution in [3.8, 4) is 5.75 Å². The molecule has 1 heterocycles. The van der Waals surface area contributed by atoms with Gasteiger partial charge in [0.15, 0.2) is 0 Å². The maximum Gasteiger partial charge on any atom is 0.271 e. The summed E-state index contributed by atoms with van der Waals surface area (Å²) in [6.45, 7) is 0.222. The number of hydrogen-bond donors (Lipinski definition) is 2. The number of ether oxygens (including phenoxy) is 1. The monoisotopic (exact) mass is 470 g/mol. The van der Waals surface area contributed by atoms with Crippen LogP contribution in [-0.2, 0) is 14.6 Å².